The van der Waals surface area contributed by atoms with E-state index >= 15 is 0 Å². The lowest BCUT2D eigenvalue weighted by Gasteiger charge is -2.33. The van der Waals surface area contributed by atoms with Gasteiger partial charge in [-0.1, -0.05) is 71.8 Å². The normalized spacial score (nSPS) is 12.0. The number of amides is 2. The zero-order chi connectivity index (χ0) is 27.0. The molecule has 0 saturated carbocycles. The minimum atomic E-state index is -3.81. The van der Waals surface area contributed by atoms with Crippen molar-refractivity contribution in [2.45, 2.75) is 32.9 Å². The van der Waals surface area contributed by atoms with Crippen molar-refractivity contribution in [2.75, 3.05) is 23.7 Å². The Balaban J connectivity index is 2.03. The van der Waals surface area contributed by atoms with Crippen molar-refractivity contribution >= 4 is 39.1 Å². The zero-order valence-corrected chi connectivity index (χ0v) is 22.8. The number of likely N-dealkylation sites (N-methyl/N-ethyl adjacent to an activating group) is 1. The maximum absolute atomic E-state index is 13.9. The summed E-state index contributed by atoms with van der Waals surface area (Å²) in [7, 11) is -3.81. The van der Waals surface area contributed by atoms with Crippen molar-refractivity contribution in [1.29, 1.82) is 0 Å². The first-order valence-electron chi connectivity index (χ1n) is 12.0. The van der Waals surface area contributed by atoms with E-state index in [2.05, 4.69) is 5.32 Å². The van der Waals surface area contributed by atoms with E-state index in [9.17, 15) is 18.0 Å². The molecule has 1 N–H and O–H groups in total. The van der Waals surface area contributed by atoms with E-state index in [0.29, 0.717) is 17.3 Å². The molecule has 1 atom stereocenters. The van der Waals surface area contributed by atoms with Gasteiger partial charge in [0.15, 0.2) is 0 Å². The van der Waals surface area contributed by atoms with E-state index in [4.69, 9.17) is 11.6 Å². The molecule has 0 fully saturated rings. The van der Waals surface area contributed by atoms with Crippen molar-refractivity contribution in [3.05, 3.63) is 101 Å². The molecular weight excluding hydrogens is 510 g/mol. The minimum absolute atomic E-state index is 0.146. The van der Waals surface area contributed by atoms with Gasteiger partial charge < -0.3 is 10.2 Å². The van der Waals surface area contributed by atoms with Gasteiger partial charge >= 0.3 is 0 Å². The highest BCUT2D eigenvalue weighted by molar-refractivity contribution is 7.92. The number of anilines is 1. The maximum atomic E-state index is 13.9. The molecule has 3 aromatic rings. The fraction of sp³-hybridized carbons (Fsp3) is 0.286. The minimum Gasteiger partial charge on any atom is -0.355 e. The highest BCUT2D eigenvalue weighted by atomic mass is 35.5. The third kappa shape index (κ3) is 8.06. The van der Waals surface area contributed by atoms with E-state index in [1.165, 1.54) is 4.90 Å². The number of hydrogen-bond acceptors (Lipinski definition) is 4. The summed E-state index contributed by atoms with van der Waals surface area (Å²) in [6, 6.07) is 22.5. The average molecular weight is 542 g/mol. The molecule has 3 aromatic carbocycles. The molecule has 0 aliphatic carbocycles. The number of sulfonamides is 1. The average Bonchev–Trinajstić information content (AvgIpc) is 2.85. The Morgan fingerprint density at radius 2 is 1.59 bits per heavy atom. The van der Waals surface area contributed by atoms with Gasteiger partial charge in [0.1, 0.15) is 12.6 Å². The van der Waals surface area contributed by atoms with Crippen LogP contribution in [0.3, 0.4) is 0 Å². The Kier molecular flexibility index (Phi) is 9.72. The van der Waals surface area contributed by atoms with Crippen LogP contribution in [0.25, 0.3) is 0 Å². The second kappa shape index (κ2) is 12.7. The molecule has 0 aromatic heterocycles. The van der Waals surface area contributed by atoms with Gasteiger partial charge in [-0.15, -0.1) is 0 Å². The Morgan fingerprint density at radius 1 is 0.946 bits per heavy atom. The predicted octanol–water partition coefficient (Wildman–Crippen LogP) is 4.19. The highest BCUT2D eigenvalue weighted by Gasteiger charge is 2.32. The third-order valence-corrected chi connectivity index (χ3v) is 7.24. The molecule has 37 heavy (non-hydrogen) atoms. The van der Waals surface area contributed by atoms with Crippen LogP contribution in [-0.4, -0.2) is 50.5 Å². The first-order chi connectivity index (χ1) is 17.6. The quantitative estimate of drug-likeness (QED) is 0.394. The van der Waals surface area contributed by atoms with Crippen LogP contribution in [0.15, 0.2) is 78.9 Å². The van der Waals surface area contributed by atoms with Crippen LogP contribution in [0.2, 0.25) is 5.02 Å². The summed E-state index contributed by atoms with van der Waals surface area (Å²) in [5.74, 6) is -0.793. The number of halogens is 1. The highest BCUT2D eigenvalue weighted by Crippen LogP contribution is 2.22. The Bertz CT molecular complexity index is 1310. The molecule has 0 aliphatic rings. The zero-order valence-electron chi connectivity index (χ0n) is 21.2. The second-order valence-corrected chi connectivity index (χ2v) is 11.2. The van der Waals surface area contributed by atoms with Gasteiger partial charge in [0.05, 0.1) is 11.9 Å². The number of nitrogens with zero attached hydrogens (tertiary/aromatic N) is 2. The van der Waals surface area contributed by atoms with Crippen LogP contribution in [0, 0.1) is 6.92 Å². The summed E-state index contributed by atoms with van der Waals surface area (Å²) < 4.78 is 26.5. The number of carbonyl (C=O) groups is 2. The fourth-order valence-electron chi connectivity index (χ4n) is 4.07. The van der Waals surface area contributed by atoms with Crippen molar-refractivity contribution in [3.8, 4) is 0 Å². The SMILES string of the molecule is CCNC(=O)[C@H](Cc1ccccc1)N(Cc1cccc(C)c1)C(=O)CN(c1ccc(Cl)cc1)S(C)(=O)=O. The number of rotatable bonds is 11. The lowest BCUT2D eigenvalue weighted by atomic mass is 10.0. The summed E-state index contributed by atoms with van der Waals surface area (Å²) in [6.45, 7) is 3.85. The van der Waals surface area contributed by atoms with Crippen LogP contribution in [0.5, 0.6) is 0 Å². The summed E-state index contributed by atoms with van der Waals surface area (Å²) in [5.41, 5.74) is 3.06. The van der Waals surface area contributed by atoms with Gasteiger partial charge in [-0.05, 0) is 49.2 Å². The molecule has 196 valence electrons. The van der Waals surface area contributed by atoms with Crippen molar-refractivity contribution in [3.63, 3.8) is 0 Å². The van der Waals surface area contributed by atoms with E-state index in [1.807, 2.05) is 68.4 Å². The largest absolute Gasteiger partial charge is 0.355 e. The molecule has 0 unspecified atom stereocenters. The van der Waals surface area contributed by atoms with Crippen LogP contribution >= 0.6 is 11.6 Å². The van der Waals surface area contributed by atoms with E-state index in [-0.39, 0.29) is 18.9 Å². The third-order valence-electron chi connectivity index (χ3n) is 5.85. The number of benzene rings is 3. The Hall–Kier alpha value is -3.36. The van der Waals surface area contributed by atoms with Gasteiger partial charge in [-0.2, -0.15) is 0 Å². The molecule has 0 heterocycles. The first kappa shape index (κ1) is 28.2. The van der Waals surface area contributed by atoms with Crippen LogP contribution in [0.1, 0.15) is 23.6 Å². The van der Waals surface area contributed by atoms with Gasteiger partial charge in [0, 0.05) is 24.5 Å². The van der Waals surface area contributed by atoms with Gasteiger partial charge in [-0.3, -0.25) is 13.9 Å². The van der Waals surface area contributed by atoms with Gasteiger partial charge in [-0.25, -0.2) is 8.42 Å². The summed E-state index contributed by atoms with van der Waals surface area (Å²) >= 11 is 5.99. The summed E-state index contributed by atoms with van der Waals surface area (Å²) in [4.78, 5) is 28.6. The topological polar surface area (TPSA) is 86.8 Å². The molecular formula is C28H32ClN3O4S. The predicted molar refractivity (Wildman–Crippen MR) is 148 cm³/mol. The van der Waals surface area contributed by atoms with E-state index < -0.39 is 28.5 Å². The number of hydrogen-bond donors (Lipinski definition) is 1. The number of aryl methyl sites for hydroxylation is 1. The molecule has 0 aliphatic heterocycles. The van der Waals surface area contributed by atoms with Crippen molar-refractivity contribution in [1.82, 2.24) is 10.2 Å². The standard InChI is InChI=1S/C28H32ClN3O4S/c1-4-30-28(34)26(18-22-10-6-5-7-11-22)31(19-23-12-8-9-21(2)17-23)27(33)20-32(37(3,35)36)25-15-13-24(29)14-16-25/h5-17,26H,4,18-20H2,1-3H3,(H,30,34)/t26-/m0/s1. The maximum Gasteiger partial charge on any atom is 0.244 e. The van der Waals surface area contributed by atoms with Crippen molar-refractivity contribution < 1.29 is 18.0 Å². The lowest BCUT2D eigenvalue weighted by molar-refractivity contribution is -0.140. The molecule has 7 nitrogen and oxygen atoms in total. The summed E-state index contributed by atoms with van der Waals surface area (Å²) in [5, 5.41) is 3.29. The van der Waals surface area contributed by atoms with Crippen LogP contribution in [-0.2, 0) is 32.6 Å². The molecule has 3 rings (SSSR count). The number of nitrogens with one attached hydrogen (secondary N) is 1. The molecule has 0 spiro atoms. The Labute approximate surface area is 224 Å². The molecule has 9 heteroatoms. The molecule has 0 saturated heterocycles. The number of carbonyl (C=O) groups excluding carboxylic acids is 2. The smallest absolute Gasteiger partial charge is 0.244 e. The second-order valence-electron chi connectivity index (χ2n) is 8.86. The molecule has 0 bridgehead atoms. The lowest BCUT2D eigenvalue weighted by Crippen LogP contribution is -2.53. The van der Waals surface area contributed by atoms with Crippen LogP contribution in [0.4, 0.5) is 5.69 Å². The molecule has 0 radical (unpaired) electrons. The first-order valence-corrected chi connectivity index (χ1v) is 14.2. The van der Waals surface area contributed by atoms with Gasteiger partial charge in [0.2, 0.25) is 21.8 Å². The van der Waals surface area contributed by atoms with E-state index in [0.717, 1.165) is 27.3 Å². The van der Waals surface area contributed by atoms with Crippen molar-refractivity contribution in [2.24, 2.45) is 0 Å². The van der Waals surface area contributed by atoms with E-state index in [1.54, 1.807) is 24.3 Å². The van der Waals surface area contributed by atoms with Gasteiger partial charge in [0.25, 0.3) is 0 Å². The van der Waals surface area contributed by atoms with Crippen LogP contribution < -0.4 is 9.62 Å². The summed E-state index contributed by atoms with van der Waals surface area (Å²) in [6.07, 6.45) is 1.33. The Morgan fingerprint density at radius 3 is 2.19 bits per heavy atom. The molecule has 2 amide bonds. The fourth-order valence-corrected chi connectivity index (χ4v) is 5.05. The monoisotopic (exact) mass is 541 g/mol.